The fourth-order valence-corrected chi connectivity index (χ4v) is 1.86. The third kappa shape index (κ3) is 4.98. The first-order chi connectivity index (χ1) is 7.09. The van der Waals surface area contributed by atoms with Gasteiger partial charge in [0.25, 0.3) is 0 Å². The maximum atomic E-state index is 3.38. The van der Waals surface area contributed by atoms with Gasteiger partial charge in [0.1, 0.15) is 0 Å². The van der Waals surface area contributed by atoms with Crippen LogP contribution in [0.3, 0.4) is 0 Å². The van der Waals surface area contributed by atoms with Gasteiger partial charge in [-0.05, 0) is 37.8 Å². The molecule has 0 aromatic heterocycles. The molecule has 0 aliphatic carbocycles. The summed E-state index contributed by atoms with van der Waals surface area (Å²) >= 11 is 0. The lowest BCUT2D eigenvalue weighted by atomic mass is 10.0. The van der Waals surface area contributed by atoms with E-state index in [1.807, 2.05) is 0 Å². The molecule has 0 radical (unpaired) electrons. The molecule has 0 saturated carbocycles. The molecule has 1 heterocycles. The quantitative estimate of drug-likeness (QED) is 0.697. The van der Waals surface area contributed by atoms with Gasteiger partial charge in [0.15, 0.2) is 0 Å². The van der Waals surface area contributed by atoms with Crippen molar-refractivity contribution in [3.63, 3.8) is 0 Å². The fourth-order valence-electron chi connectivity index (χ4n) is 1.86. The zero-order valence-electron chi connectivity index (χ0n) is 10.9. The molecule has 2 heteroatoms. The van der Waals surface area contributed by atoms with Crippen LogP contribution in [0.5, 0.6) is 0 Å². The van der Waals surface area contributed by atoms with Crippen LogP contribution < -0.4 is 5.32 Å². The van der Waals surface area contributed by atoms with E-state index in [2.05, 4.69) is 37.9 Å². The van der Waals surface area contributed by atoms with E-state index in [4.69, 9.17) is 0 Å². The Balaban J connectivity index is 2.25. The first-order valence-corrected chi connectivity index (χ1v) is 6.54. The Morgan fingerprint density at radius 2 is 1.47 bits per heavy atom. The molecule has 1 fully saturated rings. The zero-order chi connectivity index (χ0) is 11.3. The molecule has 1 saturated heterocycles. The summed E-state index contributed by atoms with van der Waals surface area (Å²) in [5.41, 5.74) is 0. The minimum Gasteiger partial charge on any atom is -0.314 e. The van der Waals surface area contributed by atoms with Gasteiger partial charge < -0.3 is 5.32 Å². The Labute approximate surface area is 95.4 Å². The second-order valence-corrected chi connectivity index (χ2v) is 5.71. The van der Waals surface area contributed by atoms with Gasteiger partial charge in [0.2, 0.25) is 0 Å². The highest BCUT2D eigenvalue weighted by atomic mass is 15.2. The van der Waals surface area contributed by atoms with Crippen molar-refractivity contribution in [2.45, 2.75) is 46.6 Å². The van der Waals surface area contributed by atoms with Gasteiger partial charge in [-0.2, -0.15) is 0 Å². The molecule has 0 unspecified atom stereocenters. The molecule has 0 amide bonds. The van der Waals surface area contributed by atoms with Gasteiger partial charge in [-0.3, -0.25) is 4.90 Å². The second-order valence-electron chi connectivity index (χ2n) is 5.71. The van der Waals surface area contributed by atoms with Crippen molar-refractivity contribution in [3.8, 4) is 0 Å². The van der Waals surface area contributed by atoms with E-state index in [-0.39, 0.29) is 0 Å². The molecule has 1 rings (SSSR count). The van der Waals surface area contributed by atoms with Crippen LogP contribution in [0.1, 0.15) is 40.5 Å². The Kier molecular flexibility index (Phi) is 5.62. The molecule has 1 aliphatic heterocycles. The molecule has 0 aromatic carbocycles. The Bertz CT molecular complexity index is 150. The molecule has 15 heavy (non-hydrogen) atoms. The number of rotatable bonds is 7. The van der Waals surface area contributed by atoms with Crippen molar-refractivity contribution in [1.82, 2.24) is 10.2 Å². The molecular formula is C13H28N2. The van der Waals surface area contributed by atoms with E-state index in [1.165, 1.54) is 39.0 Å². The van der Waals surface area contributed by atoms with Crippen LogP contribution in [-0.4, -0.2) is 37.1 Å². The van der Waals surface area contributed by atoms with E-state index in [1.54, 1.807) is 0 Å². The largest absolute Gasteiger partial charge is 0.314 e. The van der Waals surface area contributed by atoms with Gasteiger partial charge in [0, 0.05) is 19.1 Å². The van der Waals surface area contributed by atoms with Crippen molar-refractivity contribution >= 4 is 0 Å². The molecule has 0 aromatic rings. The van der Waals surface area contributed by atoms with Crippen molar-refractivity contribution in [2.24, 2.45) is 11.8 Å². The smallest absolute Gasteiger partial charge is 0.0345 e. The van der Waals surface area contributed by atoms with Crippen molar-refractivity contribution in [1.29, 1.82) is 0 Å². The van der Waals surface area contributed by atoms with Gasteiger partial charge in [-0.1, -0.05) is 27.7 Å². The topological polar surface area (TPSA) is 15.3 Å². The van der Waals surface area contributed by atoms with Crippen LogP contribution in [0.25, 0.3) is 0 Å². The van der Waals surface area contributed by atoms with E-state index in [0.717, 1.165) is 17.9 Å². The summed E-state index contributed by atoms with van der Waals surface area (Å²) in [6, 6.07) is 0.822. The zero-order valence-corrected chi connectivity index (χ0v) is 10.9. The van der Waals surface area contributed by atoms with Crippen molar-refractivity contribution in [2.75, 3.05) is 26.2 Å². The summed E-state index contributed by atoms with van der Waals surface area (Å²) < 4.78 is 0. The van der Waals surface area contributed by atoms with Crippen LogP contribution >= 0.6 is 0 Å². The summed E-state index contributed by atoms with van der Waals surface area (Å²) in [5, 5.41) is 3.38. The Morgan fingerprint density at radius 3 is 1.73 bits per heavy atom. The lowest BCUT2D eigenvalue weighted by Crippen LogP contribution is -2.57. The molecule has 0 bridgehead atoms. The predicted molar refractivity (Wildman–Crippen MR) is 67.1 cm³/mol. The van der Waals surface area contributed by atoms with Gasteiger partial charge in [-0.25, -0.2) is 0 Å². The lowest BCUT2D eigenvalue weighted by Gasteiger charge is -2.39. The summed E-state index contributed by atoms with van der Waals surface area (Å²) in [7, 11) is 0. The monoisotopic (exact) mass is 212 g/mol. The molecule has 90 valence electrons. The number of nitrogens with zero attached hydrogens (tertiary/aromatic N) is 1. The number of hydrogen-bond acceptors (Lipinski definition) is 2. The van der Waals surface area contributed by atoms with Crippen LogP contribution in [-0.2, 0) is 0 Å². The van der Waals surface area contributed by atoms with Gasteiger partial charge in [-0.15, -0.1) is 0 Å². The van der Waals surface area contributed by atoms with Gasteiger partial charge in [0.05, 0.1) is 0 Å². The van der Waals surface area contributed by atoms with Crippen LogP contribution in [0.2, 0.25) is 0 Å². The molecule has 1 N–H and O–H groups in total. The third-order valence-electron chi connectivity index (χ3n) is 3.26. The standard InChI is InChI=1S/C13H28N2/c1-11(2)5-7-15(8-6-12(3)4)13-9-14-10-13/h11-14H,5-10H2,1-4H3. The van der Waals surface area contributed by atoms with E-state index in [9.17, 15) is 0 Å². The summed E-state index contributed by atoms with van der Waals surface area (Å²) in [4.78, 5) is 2.69. The van der Waals surface area contributed by atoms with Crippen molar-refractivity contribution < 1.29 is 0 Å². The summed E-state index contributed by atoms with van der Waals surface area (Å²) in [5.74, 6) is 1.67. The lowest BCUT2D eigenvalue weighted by molar-refractivity contribution is 0.132. The first-order valence-electron chi connectivity index (χ1n) is 6.54. The molecule has 2 nitrogen and oxygen atoms in total. The third-order valence-corrected chi connectivity index (χ3v) is 3.26. The number of nitrogens with one attached hydrogen (secondary N) is 1. The molecule has 0 spiro atoms. The van der Waals surface area contributed by atoms with Crippen LogP contribution in [0, 0.1) is 11.8 Å². The maximum absolute atomic E-state index is 3.38. The second kappa shape index (κ2) is 6.49. The summed E-state index contributed by atoms with van der Waals surface area (Å²) in [6.45, 7) is 14.3. The van der Waals surface area contributed by atoms with E-state index in [0.29, 0.717) is 0 Å². The average Bonchev–Trinajstić information content (AvgIpc) is 2.05. The minimum atomic E-state index is 0.822. The minimum absolute atomic E-state index is 0.822. The SMILES string of the molecule is CC(C)CCN(CCC(C)C)C1CNC1. The predicted octanol–water partition coefficient (Wildman–Crippen LogP) is 2.35. The van der Waals surface area contributed by atoms with Crippen molar-refractivity contribution in [3.05, 3.63) is 0 Å². The highest BCUT2D eigenvalue weighted by molar-refractivity contribution is 4.84. The van der Waals surface area contributed by atoms with E-state index < -0.39 is 0 Å². The normalized spacial score (nSPS) is 17.8. The van der Waals surface area contributed by atoms with Crippen LogP contribution in [0.4, 0.5) is 0 Å². The average molecular weight is 212 g/mol. The van der Waals surface area contributed by atoms with E-state index >= 15 is 0 Å². The molecular weight excluding hydrogens is 184 g/mol. The highest BCUT2D eigenvalue weighted by Gasteiger charge is 2.23. The first kappa shape index (κ1) is 13.0. The Morgan fingerprint density at radius 1 is 1.00 bits per heavy atom. The summed E-state index contributed by atoms with van der Waals surface area (Å²) in [6.07, 6.45) is 2.68. The fraction of sp³-hybridized carbons (Fsp3) is 1.00. The highest BCUT2D eigenvalue weighted by Crippen LogP contribution is 2.12. The number of hydrogen-bond donors (Lipinski definition) is 1. The maximum Gasteiger partial charge on any atom is 0.0345 e. The molecule has 1 aliphatic rings. The Hall–Kier alpha value is -0.0800. The molecule has 0 atom stereocenters. The van der Waals surface area contributed by atoms with Gasteiger partial charge >= 0.3 is 0 Å². The van der Waals surface area contributed by atoms with Crippen LogP contribution in [0.15, 0.2) is 0 Å².